The molecule has 112 valence electrons. The lowest BCUT2D eigenvalue weighted by Gasteiger charge is -2.20. The summed E-state index contributed by atoms with van der Waals surface area (Å²) >= 11 is 0. The van der Waals surface area contributed by atoms with Crippen molar-refractivity contribution < 1.29 is 13.2 Å². The van der Waals surface area contributed by atoms with Gasteiger partial charge in [-0.2, -0.15) is 0 Å². The van der Waals surface area contributed by atoms with Gasteiger partial charge in [0.05, 0.1) is 6.04 Å². The number of hydrogen-bond acceptors (Lipinski definition) is 1. The molecule has 2 aromatic carbocycles. The SMILES string of the molecule is CCCNC(c1cc(F)cc(F)c1)c1ccc(C)c(F)c1. The van der Waals surface area contributed by atoms with E-state index in [4.69, 9.17) is 0 Å². The minimum atomic E-state index is -0.638. The third-order valence-corrected chi connectivity index (χ3v) is 3.35. The molecule has 0 saturated carbocycles. The van der Waals surface area contributed by atoms with Crippen LogP contribution in [0, 0.1) is 24.4 Å². The molecule has 0 saturated heterocycles. The predicted molar refractivity (Wildman–Crippen MR) is 77.6 cm³/mol. The standard InChI is InChI=1S/C17H18F3N/c1-3-6-21-17(12-5-4-11(2)16(20)9-12)13-7-14(18)10-15(19)8-13/h4-5,7-10,17,21H,3,6H2,1-2H3. The molecule has 2 aromatic rings. The topological polar surface area (TPSA) is 12.0 Å². The van der Waals surface area contributed by atoms with E-state index in [9.17, 15) is 13.2 Å². The van der Waals surface area contributed by atoms with Crippen molar-refractivity contribution in [1.82, 2.24) is 5.32 Å². The van der Waals surface area contributed by atoms with Gasteiger partial charge in [-0.15, -0.1) is 0 Å². The summed E-state index contributed by atoms with van der Waals surface area (Å²) in [5.74, 6) is -1.60. The van der Waals surface area contributed by atoms with Crippen LogP contribution in [0.5, 0.6) is 0 Å². The summed E-state index contributed by atoms with van der Waals surface area (Å²) in [6.07, 6.45) is 0.864. The second-order valence-corrected chi connectivity index (χ2v) is 5.10. The van der Waals surface area contributed by atoms with Gasteiger partial charge in [-0.25, -0.2) is 13.2 Å². The molecule has 21 heavy (non-hydrogen) atoms. The smallest absolute Gasteiger partial charge is 0.126 e. The van der Waals surface area contributed by atoms with Gasteiger partial charge in [-0.05, 0) is 54.8 Å². The Bertz CT molecular complexity index is 605. The molecule has 0 fully saturated rings. The fourth-order valence-corrected chi connectivity index (χ4v) is 2.25. The fourth-order valence-electron chi connectivity index (χ4n) is 2.25. The highest BCUT2D eigenvalue weighted by molar-refractivity contribution is 5.34. The summed E-state index contributed by atoms with van der Waals surface area (Å²) < 4.78 is 40.6. The third-order valence-electron chi connectivity index (χ3n) is 3.35. The Morgan fingerprint density at radius 1 is 0.952 bits per heavy atom. The highest BCUT2D eigenvalue weighted by atomic mass is 19.1. The van der Waals surface area contributed by atoms with Crippen molar-refractivity contribution in [3.63, 3.8) is 0 Å². The van der Waals surface area contributed by atoms with Gasteiger partial charge in [0, 0.05) is 6.07 Å². The monoisotopic (exact) mass is 293 g/mol. The first-order valence-electron chi connectivity index (χ1n) is 6.96. The minimum Gasteiger partial charge on any atom is -0.306 e. The number of benzene rings is 2. The van der Waals surface area contributed by atoms with E-state index in [1.54, 1.807) is 19.1 Å². The summed E-state index contributed by atoms with van der Waals surface area (Å²) in [5, 5.41) is 3.20. The van der Waals surface area contributed by atoms with Crippen LogP contribution in [0.3, 0.4) is 0 Å². The van der Waals surface area contributed by atoms with Crippen LogP contribution in [0.4, 0.5) is 13.2 Å². The van der Waals surface area contributed by atoms with Crippen molar-refractivity contribution >= 4 is 0 Å². The third kappa shape index (κ3) is 3.85. The first kappa shape index (κ1) is 15.6. The Hall–Kier alpha value is -1.81. The zero-order valence-corrected chi connectivity index (χ0v) is 12.1. The number of aryl methyl sites for hydroxylation is 1. The zero-order valence-electron chi connectivity index (χ0n) is 12.1. The average Bonchev–Trinajstić information content (AvgIpc) is 2.42. The van der Waals surface area contributed by atoms with Crippen LogP contribution >= 0.6 is 0 Å². The molecule has 1 N–H and O–H groups in total. The predicted octanol–water partition coefficient (Wildman–Crippen LogP) is 4.50. The van der Waals surface area contributed by atoms with Gasteiger partial charge in [-0.1, -0.05) is 19.1 Å². The van der Waals surface area contributed by atoms with E-state index in [-0.39, 0.29) is 5.82 Å². The lowest BCUT2D eigenvalue weighted by molar-refractivity contribution is 0.555. The Labute approximate surface area is 122 Å². The number of rotatable bonds is 5. The second-order valence-electron chi connectivity index (χ2n) is 5.10. The van der Waals surface area contributed by atoms with Crippen LogP contribution in [0.1, 0.15) is 36.1 Å². The number of hydrogen-bond donors (Lipinski definition) is 1. The molecule has 2 rings (SSSR count). The molecule has 1 atom stereocenters. The van der Waals surface area contributed by atoms with Crippen LogP contribution in [-0.2, 0) is 0 Å². The van der Waals surface area contributed by atoms with Crippen molar-refractivity contribution in [3.8, 4) is 0 Å². The Morgan fingerprint density at radius 2 is 1.62 bits per heavy atom. The lowest BCUT2D eigenvalue weighted by atomic mass is 9.97. The molecular weight excluding hydrogens is 275 g/mol. The van der Waals surface area contributed by atoms with E-state index in [1.807, 2.05) is 6.92 Å². The summed E-state index contributed by atoms with van der Waals surface area (Å²) in [6.45, 7) is 4.33. The molecular formula is C17H18F3N. The van der Waals surface area contributed by atoms with Gasteiger partial charge in [0.1, 0.15) is 17.5 Å². The quantitative estimate of drug-likeness (QED) is 0.855. The Balaban J connectivity index is 2.43. The lowest BCUT2D eigenvalue weighted by Crippen LogP contribution is -2.23. The van der Waals surface area contributed by atoms with Gasteiger partial charge in [-0.3, -0.25) is 0 Å². The Kier molecular flexibility index (Phi) is 5.02. The zero-order chi connectivity index (χ0) is 15.4. The molecule has 4 heteroatoms. The van der Waals surface area contributed by atoms with Gasteiger partial charge in [0.25, 0.3) is 0 Å². The van der Waals surface area contributed by atoms with Crippen molar-refractivity contribution in [2.45, 2.75) is 26.3 Å². The van der Waals surface area contributed by atoms with Crippen LogP contribution in [-0.4, -0.2) is 6.54 Å². The van der Waals surface area contributed by atoms with Gasteiger partial charge >= 0.3 is 0 Å². The van der Waals surface area contributed by atoms with Crippen LogP contribution < -0.4 is 5.32 Å². The van der Waals surface area contributed by atoms with Gasteiger partial charge in [0.15, 0.2) is 0 Å². The van der Waals surface area contributed by atoms with Crippen molar-refractivity contribution in [3.05, 3.63) is 70.5 Å². The van der Waals surface area contributed by atoms with E-state index >= 15 is 0 Å². The van der Waals surface area contributed by atoms with Crippen molar-refractivity contribution in [2.75, 3.05) is 6.54 Å². The van der Waals surface area contributed by atoms with Crippen LogP contribution in [0.25, 0.3) is 0 Å². The largest absolute Gasteiger partial charge is 0.306 e. The van der Waals surface area contributed by atoms with E-state index in [2.05, 4.69) is 5.32 Å². The molecule has 1 unspecified atom stereocenters. The van der Waals surface area contributed by atoms with Crippen molar-refractivity contribution in [1.29, 1.82) is 0 Å². The summed E-state index contributed by atoms with van der Waals surface area (Å²) in [5.41, 5.74) is 1.64. The molecule has 0 radical (unpaired) electrons. The van der Waals surface area contributed by atoms with E-state index in [0.717, 1.165) is 12.5 Å². The molecule has 0 spiro atoms. The summed E-state index contributed by atoms with van der Waals surface area (Å²) in [6, 6.07) is 7.78. The summed E-state index contributed by atoms with van der Waals surface area (Å²) in [7, 11) is 0. The van der Waals surface area contributed by atoms with E-state index < -0.39 is 17.7 Å². The first-order valence-corrected chi connectivity index (χ1v) is 6.96. The molecule has 0 amide bonds. The normalized spacial score (nSPS) is 12.4. The molecule has 0 aromatic heterocycles. The molecule has 0 bridgehead atoms. The number of nitrogens with one attached hydrogen (secondary N) is 1. The van der Waals surface area contributed by atoms with E-state index in [0.29, 0.717) is 23.2 Å². The second kappa shape index (κ2) is 6.76. The highest BCUT2D eigenvalue weighted by Crippen LogP contribution is 2.25. The number of halogens is 3. The highest BCUT2D eigenvalue weighted by Gasteiger charge is 2.16. The van der Waals surface area contributed by atoms with Gasteiger partial charge in [0.2, 0.25) is 0 Å². The van der Waals surface area contributed by atoms with Crippen LogP contribution in [0.15, 0.2) is 36.4 Å². The molecule has 0 heterocycles. The minimum absolute atomic E-state index is 0.326. The maximum atomic E-state index is 13.8. The summed E-state index contributed by atoms with van der Waals surface area (Å²) in [4.78, 5) is 0. The first-order chi connectivity index (χ1) is 10.0. The molecule has 0 aliphatic rings. The van der Waals surface area contributed by atoms with Crippen LogP contribution in [0.2, 0.25) is 0 Å². The maximum absolute atomic E-state index is 13.8. The average molecular weight is 293 g/mol. The Morgan fingerprint density at radius 3 is 2.19 bits per heavy atom. The maximum Gasteiger partial charge on any atom is 0.126 e. The molecule has 1 nitrogen and oxygen atoms in total. The fraction of sp³-hybridized carbons (Fsp3) is 0.294. The van der Waals surface area contributed by atoms with Gasteiger partial charge < -0.3 is 5.32 Å². The molecule has 0 aliphatic carbocycles. The molecule has 0 aliphatic heterocycles. The van der Waals surface area contributed by atoms with E-state index in [1.165, 1.54) is 18.2 Å². The van der Waals surface area contributed by atoms with Crippen molar-refractivity contribution in [2.24, 2.45) is 0 Å².